The van der Waals surface area contributed by atoms with E-state index in [1.165, 1.54) is 5.56 Å². The Morgan fingerprint density at radius 3 is 2.86 bits per heavy atom. The van der Waals surface area contributed by atoms with Gasteiger partial charge < -0.3 is 0 Å². The lowest BCUT2D eigenvalue weighted by Crippen LogP contribution is -2.17. The van der Waals surface area contributed by atoms with Crippen LogP contribution in [0.2, 0.25) is 0 Å². The van der Waals surface area contributed by atoms with E-state index in [-0.39, 0.29) is 11.5 Å². The SMILES string of the molecule is CCc1ccc2c(c1)[CH]CS(=O)(=O)C2. The van der Waals surface area contributed by atoms with Crippen molar-refractivity contribution in [2.24, 2.45) is 0 Å². The van der Waals surface area contributed by atoms with Crippen LogP contribution in [0.3, 0.4) is 0 Å². The Kier molecular flexibility index (Phi) is 2.35. The van der Waals surface area contributed by atoms with Gasteiger partial charge in [0.1, 0.15) is 0 Å². The van der Waals surface area contributed by atoms with E-state index in [0.29, 0.717) is 0 Å². The summed E-state index contributed by atoms with van der Waals surface area (Å²) in [7, 11) is -2.87. The van der Waals surface area contributed by atoms with Gasteiger partial charge in [0.05, 0.1) is 11.5 Å². The number of rotatable bonds is 1. The molecular weight excluding hydrogens is 196 g/mol. The van der Waals surface area contributed by atoms with Crippen LogP contribution in [-0.2, 0) is 22.0 Å². The minimum Gasteiger partial charge on any atom is -0.228 e. The van der Waals surface area contributed by atoms with E-state index in [0.717, 1.165) is 17.5 Å². The maximum atomic E-state index is 11.3. The molecule has 0 amide bonds. The molecule has 1 aliphatic heterocycles. The first kappa shape index (κ1) is 9.71. The monoisotopic (exact) mass is 209 g/mol. The molecule has 14 heavy (non-hydrogen) atoms. The highest BCUT2D eigenvalue weighted by Gasteiger charge is 2.21. The highest BCUT2D eigenvalue weighted by atomic mass is 32.2. The van der Waals surface area contributed by atoms with Crippen molar-refractivity contribution in [3.63, 3.8) is 0 Å². The van der Waals surface area contributed by atoms with Gasteiger partial charge in [-0.25, -0.2) is 8.42 Å². The summed E-state index contributed by atoms with van der Waals surface area (Å²) >= 11 is 0. The van der Waals surface area contributed by atoms with Crippen LogP contribution in [-0.4, -0.2) is 14.2 Å². The van der Waals surface area contributed by atoms with Crippen molar-refractivity contribution in [3.05, 3.63) is 41.3 Å². The second-order valence-corrected chi connectivity index (χ2v) is 5.75. The molecule has 0 aliphatic carbocycles. The Bertz CT molecular complexity index is 446. The maximum absolute atomic E-state index is 11.3. The summed E-state index contributed by atoms with van der Waals surface area (Å²) in [6.07, 6.45) is 2.81. The molecule has 2 rings (SSSR count). The van der Waals surface area contributed by atoms with E-state index >= 15 is 0 Å². The Labute approximate surface area is 84.9 Å². The van der Waals surface area contributed by atoms with Crippen molar-refractivity contribution in [3.8, 4) is 0 Å². The van der Waals surface area contributed by atoms with Crippen molar-refractivity contribution in [2.75, 3.05) is 5.75 Å². The van der Waals surface area contributed by atoms with Gasteiger partial charge in [0.15, 0.2) is 9.84 Å². The third-order valence-electron chi connectivity index (χ3n) is 2.55. The van der Waals surface area contributed by atoms with Crippen LogP contribution in [0.15, 0.2) is 18.2 Å². The average Bonchev–Trinajstić information content (AvgIpc) is 2.16. The standard InChI is InChI=1S/C11H13O2S/c1-2-9-3-4-11-8-14(12,13)6-5-10(11)7-9/h3-5,7H,2,6,8H2,1H3. The highest BCUT2D eigenvalue weighted by molar-refractivity contribution is 7.90. The summed E-state index contributed by atoms with van der Waals surface area (Å²) < 4.78 is 22.7. The summed E-state index contributed by atoms with van der Waals surface area (Å²) in [6, 6.07) is 6.03. The van der Waals surface area contributed by atoms with Gasteiger partial charge in [-0.05, 0) is 23.1 Å². The molecule has 0 saturated heterocycles. The highest BCUT2D eigenvalue weighted by Crippen LogP contribution is 2.23. The Balaban J connectivity index is 2.42. The zero-order chi connectivity index (χ0) is 10.2. The van der Waals surface area contributed by atoms with Gasteiger partial charge in [0.25, 0.3) is 0 Å². The normalized spacial score (nSPS) is 18.9. The van der Waals surface area contributed by atoms with Crippen molar-refractivity contribution in [2.45, 2.75) is 19.1 Å². The summed E-state index contributed by atoms with van der Waals surface area (Å²) in [4.78, 5) is 0. The zero-order valence-electron chi connectivity index (χ0n) is 8.16. The first-order chi connectivity index (χ1) is 6.61. The molecule has 75 valence electrons. The lowest BCUT2D eigenvalue weighted by molar-refractivity contribution is 0.596. The van der Waals surface area contributed by atoms with Crippen LogP contribution in [0.1, 0.15) is 23.6 Å². The number of benzene rings is 1. The Morgan fingerprint density at radius 2 is 2.14 bits per heavy atom. The molecule has 0 aromatic heterocycles. The quantitative estimate of drug-likeness (QED) is 0.706. The van der Waals surface area contributed by atoms with Gasteiger partial charge in [-0.15, -0.1) is 0 Å². The molecule has 0 N–H and O–H groups in total. The van der Waals surface area contributed by atoms with Crippen molar-refractivity contribution in [1.82, 2.24) is 0 Å². The largest absolute Gasteiger partial charge is 0.228 e. The number of aryl methyl sites for hydroxylation is 1. The predicted molar refractivity (Wildman–Crippen MR) is 56.7 cm³/mol. The number of fused-ring (bicyclic) bond motifs is 1. The van der Waals surface area contributed by atoms with E-state index in [4.69, 9.17) is 0 Å². The molecule has 3 heteroatoms. The first-order valence-electron chi connectivity index (χ1n) is 4.76. The maximum Gasteiger partial charge on any atom is 0.155 e. The first-order valence-corrected chi connectivity index (χ1v) is 6.58. The number of sulfone groups is 1. The lowest BCUT2D eigenvalue weighted by atomic mass is 10.0. The van der Waals surface area contributed by atoms with Crippen molar-refractivity contribution >= 4 is 9.84 Å². The third kappa shape index (κ3) is 1.82. The summed E-state index contributed by atoms with van der Waals surface area (Å²) in [5.41, 5.74) is 3.30. The van der Waals surface area contributed by atoms with Crippen LogP contribution in [0.5, 0.6) is 0 Å². The van der Waals surface area contributed by atoms with E-state index in [2.05, 4.69) is 13.0 Å². The molecule has 2 nitrogen and oxygen atoms in total. The smallest absolute Gasteiger partial charge is 0.155 e. The van der Waals surface area contributed by atoms with Crippen molar-refractivity contribution in [1.29, 1.82) is 0 Å². The van der Waals surface area contributed by atoms with E-state index in [1.807, 2.05) is 18.6 Å². The average molecular weight is 209 g/mol. The molecule has 1 aliphatic rings. The van der Waals surface area contributed by atoms with Gasteiger partial charge in [-0.3, -0.25) is 0 Å². The second kappa shape index (κ2) is 3.39. The fourth-order valence-electron chi connectivity index (χ4n) is 1.70. The molecule has 0 unspecified atom stereocenters. The molecule has 0 saturated carbocycles. The van der Waals surface area contributed by atoms with Gasteiger partial charge in [0.2, 0.25) is 0 Å². The minimum absolute atomic E-state index is 0.188. The molecule has 0 spiro atoms. The minimum atomic E-state index is -2.87. The molecule has 0 bridgehead atoms. The fourth-order valence-corrected chi connectivity index (χ4v) is 2.99. The van der Waals surface area contributed by atoms with E-state index < -0.39 is 9.84 Å². The van der Waals surface area contributed by atoms with Crippen molar-refractivity contribution < 1.29 is 8.42 Å². The summed E-state index contributed by atoms with van der Waals surface area (Å²) in [6.45, 7) is 2.10. The van der Waals surface area contributed by atoms with Gasteiger partial charge in [0, 0.05) is 6.42 Å². The van der Waals surface area contributed by atoms with Gasteiger partial charge in [-0.1, -0.05) is 25.1 Å². The molecule has 1 heterocycles. The predicted octanol–water partition coefficient (Wildman–Crippen LogP) is 1.73. The van der Waals surface area contributed by atoms with Crippen LogP contribution in [0.25, 0.3) is 0 Å². The van der Waals surface area contributed by atoms with Gasteiger partial charge in [-0.2, -0.15) is 0 Å². The number of hydrogen-bond acceptors (Lipinski definition) is 2. The molecule has 1 radical (unpaired) electrons. The lowest BCUT2D eigenvalue weighted by Gasteiger charge is -2.16. The van der Waals surface area contributed by atoms with E-state index in [9.17, 15) is 8.42 Å². The molecular formula is C11H13O2S. The van der Waals surface area contributed by atoms with E-state index in [1.54, 1.807) is 0 Å². The number of hydrogen-bond donors (Lipinski definition) is 0. The summed E-state index contributed by atoms with van der Waals surface area (Å²) in [5.74, 6) is 0.385. The van der Waals surface area contributed by atoms with Crippen LogP contribution in [0.4, 0.5) is 0 Å². The molecule has 0 fully saturated rings. The fraction of sp³-hybridized carbons (Fsp3) is 0.364. The third-order valence-corrected chi connectivity index (χ3v) is 3.98. The van der Waals surface area contributed by atoms with Gasteiger partial charge >= 0.3 is 0 Å². The summed E-state index contributed by atoms with van der Waals surface area (Å²) in [5, 5.41) is 0. The van der Waals surface area contributed by atoms with Crippen LogP contribution < -0.4 is 0 Å². The van der Waals surface area contributed by atoms with Crippen LogP contribution >= 0.6 is 0 Å². The Hall–Kier alpha value is -0.830. The molecule has 1 aromatic carbocycles. The topological polar surface area (TPSA) is 34.1 Å². The zero-order valence-corrected chi connectivity index (χ0v) is 8.97. The van der Waals surface area contributed by atoms with Crippen LogP contribution in [0, 0.1) is 6.42 Å². The molecule has 1 aromatic rings. The second-order valence-electron chi connectivity index (χ2n) is 3.65. The Morgan fingerprint density at radius 1 is 1.36 bits per heavy atom. The molecule has 0 atom stereocenters.